The van der Waals surface area contributed by atoms with Crippen molar-refractivity contribution >= 4 is 48.8 Å². The largest absolute Gasteiger partial charge is 0.397 e. The highest BCUT2D eigenvalue weighted by Crippen LogP contribution is 2.35. The van der Waals surface area contributed by atoms with Crippen LogP contribution in [0.25, 0.3) is 55.8 Å². The van der Waals surface area contributed by atoms with Gasteiger partial charge in [-0.15, -0.1) is 0 Å². The molecular weight excluding hydrogens is 518 g/mol. The van der Waals surface area contributed by atoms with E-state index in [4.69, 9.17) is 10.7 Å². The van der Waals surface area contributed by atoms with E-state index in [2.05, 4.69) is 41.6 Å². The minimum atomic E-state index is -1.47. The zero-order chi connectivity index (χ0) is 27.3. The van der Waals surface area contributed by atoms with E-state index >= 15 is 4.39 Å². The third kappa shape index (κ3) is 4.73. The van der Waals surface area contributed by atoms with Crippen LogP contribution in [0.5, 0.6) is 0 Å². The molecule has 2 aromatic carbocycles. The first-order chi connectivity index (χ1) is 18.7. The number of rotatable bonds is 6. The highest BCUT2D eigenvalue weighted by atomic mass is 32.2. The van der Waals surface area contributed by atoms with Crippen LogP contribution < -0.4 is 10.5 Å². The number of hydrogen-bond donors (Lipinski definition) is 4. The standard InChI is InChI=1S/C28H24F2N8S/c1-39(2,3)34-12-15-8-16(10-18(29)9-15)25-26-22(6-7-33-25)35-28(36-26)27-23-21(37-38-27)5-4-20(24(23)30)17-11-19(31)14-32-13-17/h4-11,13-14,34H,1-2,12,31H2,3H3,(H,35,36)(H,37,38). The van der Waals surface area contributed by atoms with Gasteiger partial charge in [-0.2, -0.15) is 14.5 Å². The number of anilines is 1. The van der Waals surface area contributed by atoms with Crippen molar-refractivity contribution in [3.8, 4) is 33.9 Å². The number of aromatic nitrogens is 6. The van der Waals surface area contributed by atoms with Gasteiger partial charge in [0.2, 0.25) is 0 Å². The number of nitrogen functional groups attached to an aromatic ring is 1. The Bertz CT molecular complexity index is 1990. The molecule has 0 saturated carbocycles. The van der Waals surface area contributed by atoms with Gasteiger partial charge in [-0.1, -0.05) is 11.7 Å². The summed E-state index contributed by atoms with van der Waals surface area (Å²) in [5, 5.41) is 7.51. The first-order valence-electron chi connectivity index (χ1n) is 11.9. The molecule has 5 N–H and O–H groups in total. The molecule has 6 aromatic rings. The summed E-state index contributed by atoms with van der Waals surface area (Å²) in [6, 6.07) is 11.5. The molecule has 0 aliphatic rings. The van der Waals surface area contributed by atoms with Crippen LogP contribution in [-0.4, -0.2) is 48.1 Å². The quantitative estimate of drug-likeness (QED) is 0.209. The second kappa shape index (κ2) is 9.29. The van der Waals surface area contributed by atoms with Crippen molar-refractivity contribution in [1.82, 2.24) is 34.9 Å². The van der Waals surface area contributed by atoms with Gasteiger partial charge >= 0.3 is 0 Å². The maximum absolute atomic E-state index is 15.9. The van der Waals surface area contributed by atoms with Gasteiger partial charge < -0.3 is 10.7 Å². The maximum Gasteiger partial charge on any atom is 0.159 e. The molecule has 196 valence electrons. The highest BCUT2D eigenvalue weighted by molar-refractivity contribution is 8.25. The molecule has 0 amide bonds. The van der Waals surface area contributed by atoms with Gasteiger partial charge in [0.25, 0.3) is 0 Å². The van der Waals surface area contributed by atoms with E-state index in [1.165, 1.54) is 18.3 Å². The summed E-state index contributed by atoms with van der Waals surface area (Å²) in [5.41, 5.74) is 10.9. The Morgan fingerprint density at radius 3 is 2.64 bits per heavy atom. The molecule has 0 aliphatic heterocycles. The van der Waals surface area contributed by atoms with Crippen molar-refractivity contribution in [1.29, 1.82) is 0 Å². The minimum absolute atomic E-state index is 0.273. The first-order valence-corrected chi connectivity index (χ1v) is 14.3. The fraction of sp³-hybridized carbons (Fsp3) is 0.0714. The van der Waals surface area contributed by atoms with E-state index in [0.29, 0.717) is 62.7 Å². The Hall–Kier alpha value is -4.61. The Morgan fingerprint density at radius 1 is 1.00 bits per heavy atom. The molecule has 0 saturated heterocycles. The topological polar surface area (TPSA) is 121 Å². The first kappa shape index (κ1) is 24.7. The van der Waals surface area contributed by atoms with Crippen LogP contribution in [0.4, 0.5) is 14.5 Å². The summed E-state index contributed by atoms with van der Waals surface area (Å²) < 4.78 is 33.7. The maximum atomic E-state index is 15.9. The number of pyridine rings is 2. The molecule has 0 atom stereocenters. The summed E-state index contributed by atoms with van der Waals surface area (Å²) in [6.07, 6.45) is 6.58. The molecule has 8 nitrogen and oxygen atoms in total. The van der Waals surface area contributed by atoms with Crippen LogP contribution in [-0.2, 0) is 6.54 Å². The number of nitrogens with one attached hydrogen (secondary N) is 3. The molecule has 0 spiro atoms. The van der Waals surface area contributed by atoms with E-state index in [0.717, 1.165) is 5.56 Å². The van der Waals surface area contributed by atoms with Crippen LogP contribution in [0.3, 0.4) is 0 Å². The molecule has 0 fully saturated rings. The number of aromatic amines is 2. The summed E-state index contributed by atoms with van der Waals surface area (Å²) >= 11 is 0. The fourth-order valence-corrected chi connectivity index (χ4v) is 4.99. The van der Waals surface area contributed by atoms with Gasteiger partial charge in [0.1, 0.15) is 22.8 Å². The molecule has 11 heteroatoms. The molecule has 4 heterocycles. The van der Waals surface area contributed by atoms with Gasteiger partial charge in [-0.3, -0.25) is 19.8 Å². The number of halogens is 2. The lowest BCUT2D eigenvalue weighted by Gasteiger charge is -2.12. The van der Waals surface area contributed by atoms with E-state index < -0.39 is 21.0 Å². The fourth-order valence-electron chi connectivity index (χ4n) is 4.48. The predicted molar refractivity (Wildman–Crippen MR) is 157 cm³/mol. The molecule has 0 unspecified atom stereocenters. The van der Waals surface area contributed by atoms with Crippen LogP contribution in [0, 0.1) is 11.6 Å². The number of H-pyrrole nitrogens is 2. The lowest BCUT2D eigenvalue weighted by Crippen LogP contribution is -2.08. The molecule has 0 bridgehead atoms. The molecule has 39 heavy (non-hydrogen) atoms. The highest BCUT2D eigenvalue weighted by Gasteiger charge is 2.21. The van der Waals surface area contributed by atoms with Crippen molar-refractivity contribution in [2.24, 2.45) is 0 Å². The van der Waals surface area contributed by atoms with Gasteiger partial charge in [0.05, 0.1) is 27.8 Å². The number of benzene rings is 2. The van der Waals surface area contributed by atoms with Gasteiger partial charge in [-0.25, -0.2) is 13.8 Å². The third-order valence-electron chi connectivity index (χ3n) is 6.22. The number of nitrogens with zero attached hydrogens (tertiary/aromatic N) is 4. The predicted octanol–water partition coefficient (Wildman–Crippen LogP) is 5.39. The Labute approximate surface area is 223 Å². The van der Waals surface area contributed by atoms with Crippen molar-refractivity contribution in [3.05, 3.63) is 78.3 Å². The Balaban J connectivity index is 1.46. The van der Waals surface area contributed by atoms with Crippen LogP contribution in [0.2, 0.25) is 0 Å². The molecule has 6 rings (SSSR count). The monoisotopic (exact) mass is 542 g/mol. The normalized spacial score (nSPS) is 12.0. The van der Waals surface area contributed by atoms with Gasteiger partial charge in [0, 0.05) is 41.8 Å². The SMILES string of the molecule is C=S(=C)(C)NCc1cc(F)cc(-c2nccc3[nH]c(-c4n[nH]c5ccc(-c6cncc(N)c6)c(F)c45)nc23)c1. The average Bonchev–Trinajstić information content (AvgIpc) is 3.51. The second-order valence-electron chi connectivity index (χ2n) is 9.51. The Kier molecular flexibility index (Phi) is 5.89. The lowest BCUT2D eigenvalue weighted by atomic mass is 10.0. The van der Waals surface area contributed by atoms with E-state index in [-0.39, 0.29) is 5.39 Å². The van der Waals surface area contributed by atoms with E-state index in [9.17, 15) is 4.39 Å². The summed E-state index contributed by atoms with van der Waals surface area (Å²) in [4.78, 5) is 16.5. The summed E-state index contributed by atoms with van der Waals surface area (Å²) in [7, 11) is -1.47. The zero-order valence-corrected chi connectivity index (χ0v) is 21.7. The second-order valence-corrected chi connectivity index (χ2v) is 12.4. The summed E-state index contributed by atoms with van der Waals surface area (Å²) in [6.45, 7) is 0.412. The number of fused-ring (bicyclic) bond motifs is 2. The minimum Gasteiger partial charge on any atom is -0.397 e. The van der Waals surface area contributed by atoms with Crippen LogP contribution in [0.1, 0.15) is 5.56 Å². The van der Waals surface area contributed by atoms with Crippen molar-refractivity contribution < 1.29 is 8.78 Å². The van der Waals surface area contributed by atoms with Crippen LogP contribution >= 0.6 is 9.39 Å². The molecule has 0 aliphatic carbocycles. The number of nitrogens with two attached hydrogens (primary N) is 1. The smallest absolute Gasteiger partial charge is 0.159 e. The lowest BCUT2D eigenvalue weighted by molar-refractivity contribution is 0.625. The van der Waals surface area contributed by atoms with Crippen molar-refractivity contribution in [2.75, 3.05) is 12.0 Å². The van der Waals surface area contributed by atoms with Crippen molar-refractivity contribution in [3.63, 3.8) is 0 Å². The number of imidazole rings is 1. The summed E-state index contributed by atoms with van der Waals surface area (Å²) in [5.74, 6) is 7.49. The molecule has 4 aromatic heterocycles. The Morgan fingerprint density at radius 2 is 1.85 bits per heavy atom. The third-order valence-corrected chi connectivity index (χ3v) is 7.06. The van der Waals surface area contributed by atoms with Crippen molar-refractivity contribution in [2.45, 2.75) is 6.54 Å². The van der Waals surface area contributed by atoms with Crippen LogP contribution in [0.15, 0.2) is 61.1 Å². The molecule has 0 radical (unpaired) electrons. The van der Waals surface area contributed by atoms with Gasteiger partial charge in [0.15, 0.2) is 5.82 Å². The molecular formula is C28H24F2N8S. The van der Waals surface area contributed by atoms with E-state index in [1.807, 2.05) is 12.3 Å². The zero-order valence-electron chi connectivity index (χ0n) is 20.9. The van der Waals surface area contributed by atoms with Gasteiger partial charge in [-0.05, 0) is 54.3 Å². The number of hydrogen-bond acceptors (Lipinski definition) is 6. The average molecular weight is 543 g/mol. The van der Waals surface area contributed by atoms with E-state index in [1.54, 1.807) is 36.7 Å².